The number of thiol groups is 1. The Balaban J connectivity index is 1.42. The second kappa shape index (κ2) is 11.2. The number of amides is 1. The number of halogens is 2. The molecule has 2 N–H and O–H groups in total. The average Bonchev–Trinajstić information content (AvgIpc) is 3.25. The van der Waals surface area contributed by atoms with E-state index < -0.39 is 5.82 Å². The zero-order valence-corrected chi connectivity index (χ0v) is 20.6. The van der Waals surface area contributed by atoms with Crippen molar-refractivity contribution in [1.82, 2.24) is 19.9 Å². The number of alkyl halides is 1. The van der Waals surface area contributed by atoms with Gasteiger partial charge in [0.2, 0.25) is 5.91 Å². The first kappa shape index (κ1) is 24.5. The maximum Gasteiger partial charge on any atom is 0.226 e. The van der Waals surface area contributed by atoms with E-state index >= 15 is 0 Å². The van der Waals surface area contributed by atoms with Crippen molar-refractivity contribution in [1.29, 1.82) is 0 Å². The first-order chi connectivity index (χ1) is 16.4. The molecule has 2 aliphatic heterocycles. The number of allylic oxidation sites excluding steroid dienone is 2. The van der Waals surface area contributed by atoms with Gasteiger partial charge in [-0.05, 0) is 31.1 Å². The molecule has 0 aliphatic carbocycles. The van der Waals surface area contributed by atoms with Gasteiger partial charge >= 0.3 is 0 Å². The Morgan fingerprint density at radius 3 is 3.15 bits per heavy atom. The molecular formula is C24H28ClFN6OS. The molecule has 34 heavy (non-hydrogen) atoms. The monoisotopic (exact) mass is 502 g/mol. The number of anilines is 1. The first-order valence-corrected chi connectivity index (χ1v) is 12.3. The highest BCUT2D eigenvalue weighted by Gasteiger charge is 2.24. The predicted molar refractivity (Wildman–Crippen MR) is 136 cm³/mol. The van der Waals surface area contributed by atoms with Gasteiger partial charge in [0.05, 0.1) is 18.1 Å². The minimum absolute atomic E-state index is 0.109. The zero-order valence-electron chi connectivity index (χ0n) is 19.0. The van der Waals surface area contributed by atoms with Crippen molar-refractivity contribution in [2.24, 2.45) is 10.9 Å². The van der Waals surface area contributed by atoms with Gasteiger partial charge in [0.25, 0.3) is 0 Å². The van der Waals surface area contributed by atoms with E-state index in [0.717, 1.165) is 41.2 Å². The van der Waals surface area contributed by atoms with Gasteiger partial charge < -0.3 is 15.2 Å². The molecular weight excluding hydrogens is 475 g/mol. The van der Waals surface area contributed by atoms with Crippen LogP contribution in [0.3, 0.4) is 0 Å². The summed E-state index contributed by atoms with van der Waals surface area (Å²) in [5, 5.41) is 5.41. The molecule has 0 saturated carbocycles. The summed E-state index contributed by atoms with van der Waals surface area (Å²) in [6.45, 7) is 4.35. The molecule has 7 nitrogen and oxygen atoms in total. The van der Waals surface area contributed by atoms with E-state index in [4.69, 9.17) is 11.6 Å². The summed E-state index contributed by atoms with van der Waals surface area (Å²) >= 11 is 10.3. The molecule has 180 valence electrons. The van der Waals surface area contributed by atoms with E-state index in [1.807, 2.05) is 30.1 Å². The van der Waals surface area contributed by atoms with E-state index in [1.54, 1.807) is 11.6 Å². The Labute approximate surface area is 208 Å². The van der Waals surface area contributed by atoms with Crippen molar-refractivity contribution in [3.05, 3.63) is 52.1 Å². The SMILES string of the molecule is C/C(=C\C=C/S)CC(=O)N1CCCC(CNc2nc(-c3c[nH]c4c3=CC(Cl)CN=4)ncc2F)C1. The van der Waals surface area contributed by atoms with Gasteiger partial charge in [-0.15, -0.1) is 11.6 Å². The van der Waals surface area contributed by atoms with Crippen LogP contribution >= 0.6 is 24.2 Å². The maximum absolute atomic E-state index is 14.5. The lowest BCUT2D eigenvalue weighted by molar-refractivity contribution is -0.132. The van der Waals surface area contributed by atoms with Crippen molar-refractivity contribution in [3.8, 4) is 11.4 Å². The number of rotatable bonds is 7. The summed E-state index contributed by atoms with van der Waals surface area (Å²) in [6, 6.07) is 0. The summed E-state index contributed by atoms with van der Waals surface area (Å²) in [5.74, 6) is 0.352. The topological polar surface area (TPSA) is 86.3 Å². The lowest BCUT2D eigenvalue weighted by Gasteiger charge is -2.33. The normalized spacial score (nSPS) is 20.6. The highest BCUT2D eigenvalue weighted by atomic mass is 35.5. The van der Waals surface area contributed by atoms with E-state index in [9.17, 15) is 9.18 Å². The first-order valence-electron chi connectivity index (χ1n) is 11.3. The number of fused-ring (bicyclic) bond motifs is 1. The van der Waals surface area contributed by atoms with E-state index in [0.29, 0.717) is 31.9 Å². The highest BCUT2D eigenvalue weighted by Crippen LogP contribution is 2.21. The van der Waals surface area contributed by atoms with E-state index in [2.05, 4.69) is 37.9 Å². The number of aromatic nitrogens is 3. The van der Waals surface area contributed by atoms with E-state index in [1.165, 1.54) is 6.20 Å². The number of nitrogens with one attached hydrogen (secondary N) is 2. The number of aromatic amines is 1. The van der Waals surface area contributed by atoms with Crippen LogP contribution in [0, 0.1) is 11.7 Å². The fourth-order valence-electron chi connectivity index (χ4n) is 4.26. The number of likely N-dealkylation sites (tertiary alicyclic amines) is 1. The van der Waals surface area contributed by atoms with Gasteiger partial charge in [0.1, 0.15) is 5.49 Å². The molecule has 4 heterocycles. The average molecular weight is 503 g/mol. The zero-order chi connectivity index (χ0) is 24.1. The van der Waals surface area contributed by atoms with Gasteiger partial charge in [-0.2, -0.15) is 12.6 Å². The Bertz CT molecular complexity index is 1230. The fraction of sp³-hybridized carbons (Fsp3) is 0.417. The number of hydrogen-bond donors (Lipinski definition) is 3. The van der Waals surface area contributed by atoms with Crippen LogP contribution in [0.25, 0.3) is 17.5 Å². The van der Waals surface area contributed by atoms with Crippen LogP contribution in [0.4, 0.5) is 10.2 Å². The maximum atomic E-state index is 14.5. The molecule has 1 saturated heterocycles. The van der Waals surface area contributed by atoms with Crippen molar-refractivity contribution in [3.63, 3.8) is 0 Å². The second-order valence-electron chi connectivity index (χ2n) is 8.64. The number of H-pyrrole nitrogens is 1. The molecule has 2 aliphatic rings. The molecule has 0 aromatic carbocycles. The Kier molecular flexibility index (Phi) is 8.05. The van der Waals surface area contributed by atoms with Gasteiger partial charge in [-0.3, -0.25) is 9.79 Å². The summed E-state index contributed by atoms with van der Waals surface area (Å²) in [6.07, 6.45) is 10.8. The minimum atomic E-state index is -0.515. The molecule has 1 amide bonds. The molecule has 4 rings (SSSR count). The smallest absolute Gasteiger partial charge is 0.226 e. The number of carbonyl (C=O) groups is 1. The largest absolute Gasteiger partial charge is 0.367 e. The predicted octanol–water partition coefficient (Wildman–Crippen LogP) is 3.06. The van der Waals surface area contributed by atoms with Crippen LogP contribution in [-0.2, 0) is 4.79 Å². The van der Waals surface area contributed by atoms with Gasteiger partial charge in [-0.25, -0.2) is 14.4 Å². The summed E-state index contributed by atoms with van der Waals surface area (Å²) in [5.41, 5.74) is 2.45. The van der Waals surface area contributed by atoms with Crippen molar-refractivity contribution in [2.75, 3.05) is 31.5 Å². The van der Waals surface area contributed by atoms with Gasteiger partial charge in [0, 0.05) is 43.0 Å². The van der Waals surface area contributed by atoms with Crippen LogP contribution in [-0.4, -0.2) is 57.3 Å². The van der Waals surface area contributed by atoms with E-state index in [-0.39, 0.29) is 23.0 Å². The Morgan fingerprint density at radius 1 is 1.47 bits per heavy atom. The van der Waals surface area contributed by atoms with Crippen molar-refractivity contribution < 1.29 is 9.18 Å². The molecule has 1 fully saturated rings. The van der Waals surface area contributed by atoms with Gasteiger partial charge in [-0.1, -0.05) is 23.8 Å². The molecule has 0 radical (unpaired) electrons. The quantitative estimate of drug-likeness (QED) is 0.308. The van der Waals surface area contributed by atoms with Crippen LogP contribution in [0.2, 0.25) is 0 Å². The second-order valence-corrected chi connectivity index (χ2v) is 9.50. The molecule has 0 bridgehead atoms. The summed E-state index contributed by atoms with van der Waals surface area (Å²) < 4.78 is 14.5. The summed E-state index contributed by atoms with van der Waals surface area (Å²) in [4.78, 5) is 30.7. The number of nitrogens with zero attached hydrogens (tertiary/aromatic N) is 4. The van der Waals surface area contributed by atoms with Crippen LogP contribution in [0.1, 0.15) is 26.2 Å². The number of hydrogen-bond acceptors (Lipinski definition) is 6. The fourth-order valence-corrected chi connectivity index (χ4v) is 4.54. The Morgan fingerprint density at radius 2 is 2.32 bits per heavy atom. The molecule has 2 aromatic heterocycles. The highest BCUT2D eigenvalue weighted by molar-refractivity contribution is 7.83. The molecule has 2 atom stereocenters. The van der Waals surface area contributed by atoms with Crippen molar-refractivity contribution >= 4 is 42.0 Å². The van der Waals surface area contributed by atoms with Crippen LogP contribution < -0.4 is 16.0 Å². The minimum Gasteiger partial charge on any atom is -0.367 e. The third-order valence-electron chi connectivity index (χ3n) is 5.98. The van der Waals surface area contributed by atoms with Crippen LogP contribution in [0.5, 0.6) is 0 Å². The molecule has 0 spiro atoms. The molecule has 2 unspecified atom stereocenters. The number of piperidine rings is 1. The molecule has 10 heteroatoms. The van der Waals surface area contributed by atoms with Crippen LogP contribution in [0.15, 0.2) is 40.5 Å². The number of carbonyl (C=O) groups excluding carboxylic acids is 1. The lowest BCUT2D eigenvalue weighted by Crippen LogP contribution is -2.41. The lowest BCUT2D eigenvalue weighted by atomic mass is 9.97. The summed E-state index contributed by atoms with van der Waals surface area (Å²) in [7, 11) is 0. The third-order valence-corrected chi connectivity index (χ3v) is 6.42. The van der Waals surface area contributed by atoms with Gasteiger partial charge in [0.15, 0.2) is 17.5 Å². The molecule has 2 aromatic rings. The third kappa shape index (κ3) is 5.88. The standard InChI is InChI=1S/C24H28ClFN6OS/c1-15(4-3-7-34)8-21(33)32-6-2-5-16(14-32)10-27-24-20(26)13-30-23(31-24)19-12-29-22-18(19)9-17(25)11-28-22/h3-4,7,9,12-13,16-17,34H,2,5-6,8,10-11,14H2,1H3,(H,28,29)(H,27,30,31)/b7-3-,15-4+. The van der Waals surface area contributed by atoms with Crippen molar-refractivity contribution in [2.45, 2.75) is 31.6 Å². The Hall–Kier alpha value is -2.65.